The van der Waals surface area contributed by atoms with Crippen molar-refractivity contribution in [2.45, 2.75) is 243 Å². The van der Waals surface area contributed by atoms with Crippen LogP contribution in [-0.4, -0.2) is 187 Å². The molecule has 3 aliphatic heterocycles. The number of unbranched alkanes of at least 4 members (excludes halogenated alkanes) is 2. The molecule has 23 atom stereocenters. The van der Waals surface area contributed by atoms with Gasteiger partial charge in [-0.15, -0.1) is 0 Å². The van der Waals surface area contributed by atoms with E-state index in [9.17, 15) is 60.7 Å². The summed E-state index contributed by atoms with van der Waals surface area (Å²) >= 11 is 0. The molecule has 1 amide bonds. The molecule has 6 fully saturated rings. The van der Waals surface area contributed by atoms with Gasteiger partial charge in [-0.3, -0.25) is 9.59 Å². The first-order valence-electron chi connectivity index (χ1n) is 27.6. The fraction of sp³-hybridized carbons (Fsp3) is 0.926. The first-order chi connectivity index (χ1) is 34.8. The van der Waals surface area contributed by atoms with Gasteiger partial charge in [-0.25, -0.2) is 0 Å². The Kier molecular flexibility index (Phi) is 19.2. The highest BCUT2D eigenvalue weighted by molar-refractivity contribution is 5.76. The number of nitrogens with two attached hydrogens (primary N) is 1. The Balaban J connectivity index is 1.01. The number of nitrogens with one attached hydrogen (secondary N) is 1. The molecule has 3 heterocycles. The summed E-state index contributed by atoms with van der Waals surface area (Å²) in [6, 6.07) is -1.27. The van der Waals surface area contributed by atoms with Gasteiger partial charge in [-0.05, 0) is 130 Å². The topological polar surface area (TPSA) is 330 Å². The zero-order valence-corrected chi connectivity index (χ0v) is 44.8. The summed E-state index contributed by atoms with van der Waals surface area (Å²) in [7, 11) is 0. The molecular formula is C54H92N2O18. The first kappa shape index (κ1) is 59.7. The number of carbonyl (C=O) groups excluding carboxylic acids is 2. The molecule has 0 aromatic rings. The second-order valence-electron chi connectivity index (χ2n) is 25.1. The van der Waals surface area contributed by atoms with Gasteiger partial charge in [-0.2, -0.15) is 0 Å². The number of amides is 1. The fourth-order valence-electron chi connectivity index (χ4n) is 15.3. The second-order valence-corrected chi connectivity index (χ2v) is 25.1. The Morgan fingerprint density at radius 1 is 0.811 bits per heavy atom. The lowest BCUT2D eigenvalue weighted by atomic mass is 9.35. The van der Waals surface area contributed by atoms with Gasteiger partial charge >= 0.3 is 5.97 Å². The third kappa shape index (κ3) is 11.7. The average molecular weight is 1060 g/mol. The Morgan fingerprint density at radius 2 is 1.51 bits per heavy atom. The molecule has 3 saturated heterocycles. The number of esters is 1. The van der Waals surface area contributed by atoms with Crippen LogP contribution >= 0.6 is 0 Å². The van der Waals surface area contributed by atoms with E-state index >= 15 is 0 Å². The van der Waals surface area contributed by atoms with Crippen molar-refractivity contribution in [1.29, 1.82) is 0 Å². The van der Waals surface area contributed by atoms with Crippen LogP contribution in [0.2, 0.25) is 0 Å². The van der Waals surface area contributed by atoms with Crippen molar-refractivity contribution in [3.05, 3.63) is 11.6 Å². The number of hydrogen-bond donors (Lipinski definition) is 12. The zero-order chi connectivity index (χ0) is 54.3. The Bertz CT molecular complexity index is 1930. The van der Waals surface area contributed by atoms with Crippen molar-refractivity contribution in [1.82, 2.24) is 5.32 Å². The molecular weight excluding hydrogens is 965 g/mol. The van der Waals surface area contributed by atoms with Crippen LogP contribution in [0, 0.1) is 44.8 Å². The Morgan fingerprint density at radius 3 is 2.20 bits per heavy atom. The standard InChI is InChI=1S/C54H92N2O18/c1-28-45(73-47-43(67)40(64)32(60)26-69-47)42(66)44(68)48(70-28)74-46-41(65)39(56-37(62)12-9-8-10-21-55)33(25-57)71-49(46)72-38(63)13-11-18-50(2,3)23-29-22-30(59)24-54(7)31(29)14-15-35-51(4)19-17-36(61)52(5,27-58)34(51)16-20-53(35,54)6/h14,28-30,32-36,39-49,57-61,64-68H,8-13,15-27,55H2,1-7H3,(H,56,62)/t28?,29?,30-,32?,33?,34?,35?,36-,39?,40?,41?,42?,43?,44?,45?,46?,47?,48?,49?,51-,52-,53+,54+/m0/s1. The van der Waals surface area contributed by atoms with Gasteiger partial charge in [0.05, 0.1) is 44.2 Å². The molecule has 17 unspecified atom stereocenters. The number of aliphatic hydroxyl groups excluding tert-OH is 10. The number of rotatable bonds is 19. The maximum absolute atomic E-state index is 13.8. The quantitative estimate of drug-likeness (QED) is 0.0491. The minimum absolute atomic E-state index is 0.0457. The molecule has 0 aromatic carbocycles. The highest BCUT2D eigenvalue weighted by atomic mass is 16.8. The molecule has 20 heteroatoms. The maximum atomic E-state index is 13.8. The average Bonchev–Trinajstić information content (AvgIpc) is 3.33. The van der Waals surface area contributed by atoms with Crippen molar-refractivity contribution in [2.24, 2.45) is 50.6 Å². The lowest BCUT2D eigenvalue weighted by Crippen LogP contribution is -2.68. The predicted molar refractivity (Wildman–Crippen MR) is 266 cm³/mol. The fourth-order valence-corrected chi connectivity index (χ4v) is 15.3. The van der Waals surface area contributed by atoms with Crippen LogP contribution < -0.4 is 11.1 Å². The summed E-state index contributed by atoms with van der Waals surface area (Å²) in [6.45, 7) is 14.4. The maximum Gasteiger partial charge on any atom is 0.308 e. The van der Waals surface area contributed by atoms with Crippen molar-refractivity contribution < 1.29 is 89.1 Å². The van der Waals surface area contributed by atoms with Crippen LogP contribution in [0.3, 0.4) is 0 Å². The van der Waals surface area contributed by atoms with E-state index in [0.29, 0.717) is 63.8 Å². The molecule has 13 N–H and O–H groups in total. The van der Waals surface area contributed by atoms with E-state index in [4.69, 9.17) is 34.2 Å². The number of carbonyl (C=O) groups is 2. The van der Waals surface area contributed by atoms with Crippen molar-refractivity contribution in [3.63, 3.8) is 0 Å². The van der Waals surface area contributed by atoms with E-state index in [2.05, 4.69) is 52.9 Å². The molecule has 4 aliphatic carbocycles. The molecule has 20 nitrogen and oxygen atoms in total. The normalized spacial score (nSPS) is 46.6. The van der Waals surface area contributed by atoms with E-state index in [-0.39, 0.29) is 59.6 Å². The molecule has 0 bridgehead atoms. The number of ether oxygens (including phenoxy) is 6. The number of allylic oxidation sites excluding steroid dienone is 2. The lowest BCUT2D eigenvalue weighted by Gasteiger charge is -2.70. The summed E-state index contributed by atoms with van der Waals surface area (Å²) in [4.78, 5) is 26.9. The molecule has 0 spiro atoms. The van der Waals surface area contributed by atoms with E-state index in [1.807, 2.05) is 0 Å². The molecule has 74 heavy (non-hydrogen) atoms. The van der Waals surface area contributed by atoms with Crippen LogP contribution in [0.4, 0.5) is 0 Å². The third-order valence-corrected chi connectivity index (χ3v) is 19.7. The summed E-state index contributed by atoms with van der Waals surface area (Å²) in [5.74, 6) is -0.530. The monoisotopic (exact) mass is 1060 g/mol. The predicted octanol–water partition coefficient (Wildman–Crippen LogP) is 1.17. The van der Waals surface area contributed by atoms with Gasteiger partial charge in [-0.1, -0.05) is 59.6 Å². The zero-order valence-electron chi connectivity index (χ0n) is 44.8. The van der Waals surface area contributed by atoms with Crippen molar-refractivity contribution in [3.8, 4) is 0 Å². The van der Waals surface area contributed by atoms with Gasteiger partial charge in [0.25, 0.3) is 0 Å². The Labute approximate surface area is 436 Å². The Hall–Kier alpha value is -1.96. The van der Waals surface area contributed by atoms with Crippen LogP contribution in [-0.2, 0) is 38.0 Å². The van der Waals surface area contributed by atoms with E-state index in [0.717, 1.165) is 32.1 Å². The lowest BCUT2D eigenvalue weighted by molar-refractivity contribution is -0.369. The van der Waals surface area contributed by atoms with Crippen LogP contribution in [0.5, 0.6) is 0 Å². The second kappa shape index (κ2) is 23.8. The summed E-state index contributed by atoms with van der Waals surface area (Å²) in [5.41, 5.74) is 5.75. The van der Waals surface area contributed by atoms with Crippen LogP contribution in [0.25, 0.3) is 0 Å². The smallest absolute Gasteiger partial charge is 0.308 e. The summed E-state index contributed by atoms with van der Waals surface area (Å²) < 4.78 is 35.1. The van der Waals surface area contributed by atoms with Gasteiger partial charge < -0.3 is 90.5 Å². The molecule has 7 aliphatic rings. The molecule has 3 saturated carbocycles. The number of aliphatic hydroxyl groups is 10. The minimum Gasteiger partial charge on any atom is -0.433 e. The summed E-state index contributed by atoms with van der Waals surface area (Å²) in [5, 5.41) is 112. The first-order valence-corrected chi connectivity index (χ1v) is 27.6. The highest BCUT2D eigenvalue weighted by Gasteiger charge is 2.67. The van der Waals surface area contributed by atoms with E-state index in [1.165, 1.54) is 12.5 Å². The summed E-state index contributed by atoms with van der Waals surface area (Å²) in [6.07, 6.45) is -9.44. The van der Waals surface area contributed by atoms with Crippen LogP contribution in [0.15, 0.2) is 11.6 Å². The third-order valence-electron chi connectivity index (χ3n) is 19.7. The largest absolute Gasteiger partial charge is 0.433 e. The van der Waals surface area contributed by atoms with Crippen molar-refractivity contribution in [2.75, 3.05) is 26.4 Å². The van der Waals surface area contributed by atoms with Gasteiger partial charge in [0, 0.05) is 18.3 Å². The SMILES string of the molecule is CC1OC(OC2C(OC(=O)CCCC(C)(C)CC3C[C@H](O)C[C@]4(C)C3=CCC3[C@@]5(C)CC[C@H](O)[C@@](C)(CO)C5CC[C@]34C)OC(CO)C(NC(=O)CCCCCN)C2O)C(O)C(O)C1OC1OCC(O)C(O)C1O. The van der Waals surface area contributed by atoms with Gasteiger partial charge in [0.15, 0.2) is 18.7 Å². The number of fused-ring (bicyclic) bond motifs is 5. The molecule has 426 valence electrons. The van der Waals surface area contributed by atoms with Gasteiger partial charge in [0.1, 0.15) is 48.8 Å². The van der Waals surface area contributed by atoms with Crippen LogP contribution in [0.1, 0.15) is 145 Å². The molecule has 0 aromatic heterocycles. The minimum atomic E-state index is -1.88. The molecule has 7 rings (SSSR count). The van der Waals surface area contributed by atoms with E-state index in [1.54, 1.807) is 0 Å². The molecule has 0 radical (unpaired) electrons. The van der Waals surface area contributed by atoms with E-state index < -0.39 is 122 Å². The number of hydrogen-bond acceptors (Lipinski definition) is 19. The highest BCUT2D eigenvalue weighted by Crippen LogP contribution is 2.73. The van der Waals surface area contributed by atoms with Gasteiger partial charge in [0.2, 0.25) is 12.2 Å². The van der Waals surface area contributed by atoms with Crippen molar-refractivity contribution >= 4 is 11.9 Å².